The molecule has 0 saturated heterocycles. The third-order valence-electron chi connectivity index (χ3n) is 2.50. The van der Waals surface area contributed by atoms with Crippen molar-refractivity contribution in [1.29, 1.82) is 0 Å². The number of aliphatic hydroxyl groups is 1. The highest BCUT2D eigenvalue weighted by Gasteiger charge is 2.17. The number of rotatable bonds is 5. The quantitative estimate of drug-likeness (QED) is 0.821. The van der Waals surface area contributed by atoms with E-state index in [2.05, 4.69) is 21.2 Å². The second-order valence-corrected chi connectivity index (χ2v) is 5.65. The third kappa shape index (κ3) is 5.47. The highest BCUT2D eigenvalue weighted by Crippen LogP contribution is 2.12. The van der Waals surface area contributed by atoms with Crippen LogP contribution in [-0.2, 0) is 4.79 Å². The van der Waals surface area contributed by atoms with Crippen molar-refractivity contribution in [3.8, 4) is 0 Å². The van der Waals surface area contributed by atoms with Crippen molar-refractivity contribution < 1.29 is 9.90 Å². The molecule has 0 aliphatic heterocycles. The second kappa shape index (κ2) is 6.71. The summed E-state index contributed by atoms with van der Waals surface area (Å²) in [4.78, 5) is 11.7. The maximum atomic E-state index is 11.7. The van der Waals surface area contributed by atoms with E-state index < -0.39 is 5.54 Å². The SMILES string of the molecule is CC(C)(CCO)NC(=O)/C=C/c1ccc(Br)cc1. The lowest BCUT2D eigenvalue weighted by Gasteiger charge is -2.24. The highest BCUT2D eigenvalue weighted by atomic mass is 79.9. The molecule has 0 radical (unpaired) electrons. The van der Waals surface area contributed by atoms with Gasteiger partial charge in [-0.1, -0.05) is 28.1 Å². The van der Waals surface area contributed by atoms with Crippen LogP contribution in [0.4, 0.5) is 0 Å². The summed E-state index contributed by atoms with van der Waals surface area (Å²) >= 11 is 3.36. The van der Waals surface area contributed by atoms with E-state index in [9.17, 15) is 4.79 Å². The minimum absolute atomic E-state index is 0.0592. The maximum absolute atomic E-state index is 11.7. The normalized spacial score (nSPS) is 11.8. The van der Waals surface area contributed by atoms with Gasteiger partial charge in [-0.2, -0.15) is 0 Å². The van der Waals surface area contributed by atoms with E-state index in [0.29, 0.717) is 6.42 Å². The standard InChI is InChI=1S/C14H18BrNO2/c1-14(2,9-10-17)16-13(18)8-5-11-3-6-12(15)7-4-11/h3-8,17H,9-10H2,1-2H3,(H,16,18)/b8-5+. The van der Waals surface area contributed by atoms with Crippen LogP contribution in [-0.4, -0.2) is 23.2 Å². The molecule has 0 unspecified atom stereocenters. The predicted molar refractivity (Wildman–Crippen MR) is 77.1 cm³/mol. The minimum Gasteiger partial charge on any atom is -0.396 e. The lowest BCUT2D eigenvalue weighted by Crippen LogP contribution is -2.43. The number of aliphatic hydroxyl groups excluding tert-OH is 1. The van der Waals surface area contributed by atoms with Gasteiger partial charge in [-0.05, 0) is 44.0 Å². The molecule has 0 fully saturated rings. The second-order valence-electron chi connectivity index (χ2n) is 4.73. The highest BCUT2D eigenvalue weighted by molar-refractivity contribution is 9.10. The molecule has 2 N–H and O–H groups in total. The topological polar surface area (TPSA) is 49.3 Å². The van der Waals surface area contributed by atoms with E-state index in [1.165, 1.54) is 6.08 Å². The fourth-order valence-electron chi connectivity index (χ4n) is 1.46. The fourth-order valence-corrected chi connectivity index (χ4v) is 1.73. The number of benzene rings is 1. The van der Waals surface area contributed by atoms with Crippen LogP contribution in [0.15, 0.2) is 34.8 Å². The largest absolute Gasteiger partial charge is 0.396 e. The van der Waals surface area contributed by atoms with E-state index in [1.54, 1.807) is 6.08 Å². The number of carbonyl (C=O) groups is 1. The first kappa shape index (κ1) is 14.9. The number of halogens is 1. The molecule has 0 saturated carbocycles. The van der Waals surface area contributed by atoms with E-state index in [0.717, 1.165) is 10.0 Å². The van der Waals surface area contributed by atoms with Crippen molar-refractivity contribution in [2.24, 2.45) is 0 Å². The van der Waals surface area contributed by atoms with Crippen molar-refractivity contribution in [3.63, 3.8) is 0 Å². The predicted octanol–water partition coefficient (Wildman–Crippen LogP) is 2.74. The Bertz CT molecular complexity index is 424. The van der Waals surface area contributed by atoms with Crippen LogP contribution >= 0.6 is 15.9 Å². The van der Waals surface area contributed by atoms with Gasteiger partial charge in [0.05, 0.1) is 0 Å². The molecule has 0 bridgehead atoms. The van der Waals surface area contributed by atoms with E-state index >= 15 is 0 Å². The third-order valence-corrected chi connectivity index (χ3v) is 3.02. The van der Waals surface area contributed by atoms with E-state index in [-0.39, 0.29) is 12.5 Å². The van der Waals surface area contributed by atoms with E-state index in [4.69, 9.17) is 5.11 Å². The molecule has 0 atom stereocenters. The average Bonchev–Trinajstić information content (AvgIpc) is 2.27. The van der Waals surface area contributed by atoms with Gasteiger partial charge in [-0.25, -0.2) is 0 Å². The molecule has 1 aromatic rings. The first-order valence-electron chi connectivity index (χ1n) is 5.79. The van der Waals surface area contributed by atoms with Gasteiger partial charge in [0, 0.05) is 22.7 Å². The zero-order chi connectivity index (χ0) is 13.6. The van der Waals surface area contributed by atoms with Gasteiger partial charge in [0.1, 0.15) is 0 Å². The fraction of sp³-hybridized carbons (Fsp3) is 0.357. The van der Waals surface area contributed by atoms with Crippen LogP contribution in [0.3, 0.4) is 0 Å². The Morgan fingerprint density at radius 3 is 2.56 bits per heavy atom. The molecule has 1 rings (SSSR count). The lowest BCUT2D eigenvalue weighted by molar-refractivity contribution is -0.118. The molecule has 0 spiro atoms. The van der Waals surface area contributed by atoms with Crippen LogP contribution < -0.4 is 5.32 Å². The van der Waals surface area contributed by atoms with Crippen LogP contribution in [0, 0.1) is 0 Å². The molecule has 98 valence electrons. The first-order chi connectivity index (χ1) is 8.43. The Labute approximate surface area is 116 Å². The molecule has 0 aromatic heterocycles. The molecular formula is C14H18BrNO2. The smallest absolute Gasteiger partial charge is 0.244 e. The van der Waals surface area contributed by atoms with Crippen LogP contribution in [0.2, 0.25) is 0 Å². The van der Waals surface area contributed by atoms with Crippen LogP contribution in [0.5, 0.6) is 0 Å². The van der Waals surface area contributed by atoms with Gasteiger partial charge in [-0.3, -0.25) is 4.79 Å². The molecule has 0 heterocycles. The molecule has 1 aromatic carbocycles. The Kier molecular flexibility index (Phi) is 5.56. The van der Waals surface area contributed by atoms with Crippen LogP contribution in [0.25, 0.3) is 6.08 Å². The van der Waals surface area contributed by atoms with Crippen molar-refractivity contribution in [2.75, 3.05) is 6.61 Å². The van der Waals surface area contributed by atoms with Gasteiger partial charge < -0.3 is 10.4 Å². The molecule has 1 amide bonds. The lowest BCUT2D eigenvalue weighted by atomic mass is 10.0. The van der Waals surface area contributed by atoms with Crippen molar-refractivity contribution >= 4 is 27.9 Å². The summed E-state index contributed by atoms with van der Waals surface area (Å²) in [6.07, 6.45) is 3.80. The summed E-state index contributed by atoms with van der Waals surface area (Å²) in [6, 6.07) is 7.69. The van der Waals surface area contributed by atoms with Gasteiger partial charge >= 0.3 is 0 Å². The van der Waals surface area contributed by atoms with Gasteiger partial charge in [0.25, 0.3) is 0 Å². The summed E-state index contributed by atoms with van der Waals surface area (Å²) in [6.45, 7) is 3.83. The van der Waals surface area contributed by atoms with Crippen molar-refractivity contribution in [3.05, 3.63) is 40.4 Å². The molecule has 0 aliphatic rings. The average molecular weight is 312 g/mol. The first-order valence-corrected chi connectivity index (χ1v) is 6.59. The number of hydrogen-bond acceptors (Lipinski definition) is 2. The Morgan fingerprint density at radius 1 is 1.39 bits per heavy atom. The summed E-state index contributed by atoms with van der Waals surface area (Å²) in [5, 5.41) is 11.7. The van der Waals surface area contributed by atoms with Gasteiger partial charge in [-0.15, -0.1) is 0 Å². The Balaban J connectivity index is 2.57. The number of hydrogen-bond donors (Lipinski definition) is 2. The van der Waals surface area contributed by atoms with Crippen molar-refractivity contribution in [2.45, 2.75) is 25.8 Å². The molecule has 4 heteroatoms. The summed E-state index contributed by atoms with van der Waals surface area (Å²) in [7, 11) is 0. The van der Waals surface area contributed by atoms with Gasteiger partial charge in [0.2, 0.25) is 5.91 Å². The molecule has 0 aliphatic carbocycles. The Hall–Kier alpha value is -1.13. The molecular weight excluding hydrogens is 294 g/mol. The zero-order valence-electron chi connectivity index (χ0n) is 10.6. The molecule has 18 heavy (non-hydrogen) atoms. The number of nitrogens with one attached hydrogen (secondary N) is 1. The minimum atomic E-state index is -0.393. The number of amides is 1. The summed E-state index contributed by atoms with van der Waals surface area (Å²) in [5.41, 5.74) is 0.573. The number of carbonyl (C=O) groups excluding carboxylic acids is 1. The maximum Gasteiger partial charge on any atom is 0.244 e. The Morgan fingerprint density at radius 2 is 2.00 bits per heavy atom. The zero-order valence-corrected chi connectivity index (χ0v) is 12.2. The van der Waals surface area contributed by atoms with E-state index in [1.807, 2.05) is 38.1 Å². The van der Waals surface area contributed by atoms with Crippen molar-refractivity contribution in [1.82, 2.24) is 5.32 Å². The monoisotopic (exact) mass is 311 g/mol. The van der Waals surface area contributed by atoms with Crippen LogP contribution in [0.1, 0.15) is 25.8 Å². The molecule has 3 nitrogen and oxygen atoms in total. The summed E-state index contributed by atoms with van der Waals surface area (Å²) < 4.78 is 1.01. The summed E-state index contributed by atoms with van der Waals surface area (Å²) in [5.74, 6) is -0.156. The van der Waals surface area contributed by atoms with Gasteiger partial charge in [0.15, 0.2) is 0 Å².